The summed E-state index contributed by atoms with van der Waals surface area (Å²) in [7, 11) is 1.79. The highest BCUT2D eigenvalue weighted by molar-refractivity contribution is 5.85. The molecule has 0 aliphatic rings. The second-order valence-corrected chi connectivity index (χ2v) is 4.17. The Labute approximate surface area is 95.4 Å². The summed E-state index contributed by atoms with van der Waals surface area (Å²) in [5.74, 6) is 0.560. The van der Waals surface area contributed by atoms with Crippen LogP contribution in [0.2, 0.25) is 0 Å². The lowest BCUT2D eigenvalue weighted by molar-refractivity contribution is -0.126. The van der Waals surface area contributed by atoms with Crippen molar-refractivity contribution in [1.29, 1.82) is 0 Å². The summed E-state index contributed by atoms with van der Waals surface area (Å²) in [5, 5.41) is 9.98. The largest absolute Gasteiger partial charge is 0.347 e. The fourth-order valence-electron chi connectivity index (χ4n) is 1.37. The van der Waals surface area contributed by atoms with E-state index in [1.165, 1.54) is 0 Å². The molecule has 0 aliphatic carbocycles. The Kier molecular flexibility index (Phi) is 4.00. The molecule has 90 valence electrons. The van der Waals surface area contributed by atoms with Gasteiger partial charge in [-0.25, -0.2) is 4.98 Å². The number of rotatable bonds is 5. The van der Waals surface area contributed by atoms with Gasteiger partial charge in [0.05, 0.1) is 12.1 Å². The zero-order valence-corrected chi connectivity index (χ0v) is 10.2. The number of aryl methyl sites for hydroxylation is 1. The fraction of sp³-hybridized carbons (Fsp3) is 0.700. The van der Waals surface area contributed by atoms with Crippen LogP contribution in [0, 0.1) is 0 Å². The molecule has 0 atom stereocenters. The second-order valence-electron chi connectivity index (χ2n) is 4.17. The van der Waals surface area contributed by atoms with Crippen LogP contribution in [0.25, 0.3) is 0 Å². The number of hydrogen-bond donors (Lipinski definition) is 2. The van der Waals surface area contributed by atoms with Gasteiger partial charge >= 0.3 is 0 Å². The number of likely N-dealkylation sites (N-methyl/N-ethyl adjacent to an activating group) is 1. The molecule has 0 bridgehead atoms. The standard InChI is InChI=1S/C10H19N5O/c1-5-13-10(2,3)9(16)11-6-8-12-7-15(4)14-8/h7,13H,5-6H2,1-4H3,(H,11,16). The van der Waals surface area contributed by atoms with Crippen molar-refractivity contribution in [3.8, 4) is 0 Å². The summed E-state index contributed by atoms with van der Waals surface area (Å²) in [6.07, 6.45) is 1.61. The molecule has 1 heterocycles. The highest BCUT2D eigenvalue weighted by Gasteiger charge is 2.25. The van der Waals surface area contributed by atoms with E-state index in [1.807, 2.05) is 20.8 Å². The van der Waals surface area contributed by atoms with E-state index in [9.17, 15) is 4.79 Å². The molecule has 6 heteroatoms. The van der Waals surface area contributed by atoms with E-state index in [1.54, 1.807) is 18.1 Å². The van der Waals surface area contributed by atoms with Crippen LogP contribution >= 0.6 is 0 Å². The molecule has 0 saturated carbocycles. The van der Waals surface area contributed by atoms with Crippen LogP contribution in [0.4, 0.5) is 0 Å². The molecular formula is C10H19N5O. The molecule has 0 fully saturated rings. The molecule has 6 nitrogen and oxygen atoms in total. The third-order valence-electron chi connectivity index (χ3n) is 2.24. The van der Waals surface area contributed by atoms with Gasteiger partial charge in [-0.1, -0.05) is 6.92 Å². The van der Waals surface area contributed by atoms with E-state index in [0.29, 0.717) is 12.4 Å². The van der Waals surface area contributed by atoms with Crippen LogP contribution in [-0.4, -0.2) is 32.8 Å². The van der Waals surface area contributed by atoms with Crippen LogP contribution in [0.5, 0.6) is 0 Å². The number of aromatic nitrogens is 3. The SMILES string of the molecule is CCNC(C)(C)C(=O)NCc1ncn(C)n1. The summed E-state index contributed by atoms with van der Waals surface area (Å²) < 4.78 is 1.61. The minimum absolute atomic E-state index is 0.0539. The second kappa shape index (κ2) is 5.07. The highest BCUT2D eigenvalue weighted by atomic mass is 16.2. The summed E-state index contributed by atoms with van der Waals surface area (Å²) in [6.45, 7) is 6.77. The lowest BCUT2D eigenvalue weighted by atomic mass is 10.0. The number of nitrogens with zero attached hydrogens (tertiary/aromatic N) is 3. The van der Waals surface area contributed by atoms with Gasteiger partial charge in [0.1, 0.15) is 6.33 Å². The monoisotopic (exact) mass is 225 g/mol. The van der Waals surface area contributed by atoms with Gasteiger partial charge in [0.15, 0.2) is 5.82 Å². The first-order chi connectivity index (χ1) is 7.45. The van der Waals surface area contributed by atoms with E-state index >= 15 is 0 Å². The van der Waals surface area contributed by atoms with E-state index < -0.39 is 5.54 Å². The lowest BCUT2D eigenvalue weighted by Gasteiger charge is -2.23. The summed E-state index contributed by atoms with van der Waals surface area (Å²) in [4.78, 5) is 15.8. The highest BCUT2D eigenvalue weighted by Crippen LogP contribution is 2.01. The molecule has 0 spiro atoms. The van der Waals surface area contributed by atoms with E-state index in [4.69, 9.17) is 0 Å². The summed E-state index contributed by atoms with van der Waals surface area (Å²) in [5.41, 5.74) is -0.566. The minimum atomic E-state index is -0.566. The predicted octanol–water partition coefficient (Wildman–Crippen LogP) is -0.181. The average Bonchev–Trinajstić information content (AvgIpc) is 2.60. The molecule has 16 heavy (non-hydrogen) atoms. The van der Waals surface area contributed by atoms with Gasteiger partial charge in [0.2, 0.25) is 5.91 Å². The number of hydrogen-bond acceptors (Lipinski definition) is 4. The zero-order chi connectivity index (χ0) is 12.2. The van der Waals surface area contributed by atoms with Gasteiger partial charge in [-0.05, 0) is 20.4 Å². The minimum Gasteiger partial charge on any atom is -0.347 e. The van der Waals surface area contributed by atoms with Gasteiger partial charge in [0.25, 0.3) is 0 Å². The van der Waals surface area contributed by atoms with Gasteiger partial charge in [-0.2, -0.15) is 5.10 Å². The Hall–Kier alpha value is -1.43. The van der Waals surface area contributed by atoms with Crippen molar-refractivity contribution < 1.29 is 4.79 Å². The number of carbonyl (C=O) groups is 1. The average molecular weight is 225 g/mol. The first kappa shape index (κ1) is 12.6. The molecule has 0 unspecified atom stereocenters. The van der Waals surface area contributed by atoms with Crippen molar-refractivity contribution in [3.05, 3.63) is 12.2 Å². The van der Waals surface area contributed by atoms with Crippen LogP contribution in [0.1, 0.15) is 26.6 Å². The molecule has 1 rings (SSSR count). The first-order valence-electron chi connectivity index (χ1n) is 5.33. The Balaban J connectivity index is 2.46. The van der Waals surface area contributed by atoms with Crippen molar-refractivity contribution in [2.24, 2.45) is 7.05 Å². The Morgan fingerprint density at radius 3 is 2.75 bits per heavy atom. The normalized spacial score (nSPS) is 11.5. The van der Waals surface area contributed by atoms with Crippen molar-refractivity contribution in [2.75, 3.05) is 6.54 Å². The van der Waals surface area contributed by atoms with Crippen LogP contribution in [0.15, 0.2) is 6.33 Å². The van der Waals surface area contributed by atoms with E-state index in [0.717, 1.165) is 6.54 Å². The number of nitrogens with one attached hydrogen (secondary N) is 2. The molecule has 0 aliphatic heterocycles. The van der Waals surface area contributed by atoms with E-state index in [2.05, 4.69) is 20.7 Å². The maximum Gasteiger partial charge on any atom is 0.240 e. The smallest absolute Gasteiger partial charge is 0.240 e. The Morgan fingerprint density at radius 2 is 2.25 bits per heavy atom. The summed E-state index contributed by atoms with van der Waals surface area (Å²) in [6, 6.07) is 0. The van der Waals surface area contributed by atoms with Gasteiger partial charge in [-0.3, -0.25) is 9.48 Å². The van der Waals surface area contributed by atoms with Crippen molar-refractivity contribution in [2.45, 2.75) is 32.9 Å². The van der Waals surface area contributed by atoms with Crippen LogP contribution in [-0.2, 0) is 18.4 Å². The lowest BCUT2D eigenvalue weighted by Crippen LogP contribution is -2.52. The van der Waals surface area contributed by atoms with Gasteiger partial charge in [-0.15, -0.1) is 0 Å². The molecular weight excluding hydrogens is 206 g/mol. The first-order valence-corrected chi connectivity index (χ1v) is 5.33. The van der Waals surface area contributed by atoms with Crippen LogP contribution in [0.3, 0.4) is 0 Å². The maximum atomic E-state index is 11.8. The van der Waals surface area contributed by atoms with Crippen LogP contribution < -0.4 is 10.6 Å². The van der Waals surface area contributed by atoms with Gasteiger partial charge in [0, 0.05) is 7.05 Å². The summed E-state index contributed by atoms with van der Waals surface area (Å²) >= 11 is 0. The molecule has 1 aromatic rings. The Morgan fingerprint density at radius 1 is 1.56 bits per heavy atom. The molecule has 1 aromatic heterocycles. The quantitative estimate of drug-likeness (QED) is 0.729. The topological polar surface area (TPSA) is 71.8 Å². The van der Waals surface area contributed by atoms with E-state index in [-0.39, 0.29) is 5.91 Å². The fourth-order valence-corrected chi connectivity index (χ4v) is 1.37. The third-order valence-corrected chi connectivity index (χ3v) is 2.24. The van der Waals surface area contributed by atoms with Crippen molar-refractivity contribution in [3.63, 3.8) is 0 Å². The van der Waals surface area contributed by atoms with Crippen molar-refractivity contribution in [1.82, 2.24) is 25.4 Å². The molecule has 0 radical (unpaired) electrons. The maximum absolute atomic E-state index is 11.8. The molecule has 0 saturated heterocycles. The van der Waals surface area contributed by atoms with Gasteiger partial charge < -0.3 is 10.6 Å². The predicted molar refractivity (Wildman–Crippen MR) is 60.6 cm³/mol. The third kappa shape index (κ3) is 3.30. The Bertz CT molecular complexity index is 358. The molecule has 2 N–H and O–H groups in total. The van der Waals surface area contributed by atoms with Crippen molar-refractivity contribution >= 4 is 5.91 Å². The number of amides is 1. The number of carbonyl (C=O) groups excluding carboxylic acids is 1. The zero-order valence-electron chi connectivity index (χ0n) is 10.2. The molecule has 1 amide bonds. The molecule has 0 aromatic carbocycles.